The van der Waals surface area contributed by atoms with Gasteiger partial charge in [0, 0.05) is 12.7 Å². The summed E-state index contributed by atoms with van der Waals surface area (Å²) in [5.41, 5.74) is 0.316. The fraction of sp³-hybridized carbons (Fsp3) is 0.222. The second-order valence-electron chi connectivity index (χ2n) is 2.54. The van der Waals surface area contributed by atoms with Gasteiger partial charge >= 0.3 is 5.97 Å². The highest BCUT2D eigenvalue weighted by atomic mass is 19.1. The van der Waals surface area contributed by atoms with E-state index in [2.05, 4.69) is 0 Å². The van der Waals surface area contributed by atoms with Gasteiger partial charge in [-0.1, -0.05) is 0 Å². The first kappa shape index (κ1) is 9.67. The Morgan fingerprint density at radius 2 is 2.31 bits per heavy atom. The van der Waals surface area contributed by atoms with Gasteiger partial charge in [0.2, 0.25) is 0 Å². The van der Waals surface area contributed by atoms with Gasteiger partial charge in [-0.2, -0.15) is 0 Å². The van der Waals surface area contributed by atoms with Gasteiger partial charge in [-0.25, -0.2) is 9.18 Å². The van der Waals surface area contributed by atoms with E-state index in [1.807, 2.05) is 0 Å². The van der Waals surface area contributed by atoms with Crippen molar-refractivity contribution in [2.45, 2.75) is 6.61 Å². The molecular formula is C9H9FO3. The zero-order valence-electron chi connectivity index (χ0n) is 7.08. The van der Waals surface area contributed by atoms with Crippen LogP contribution in [0.1, 0.15) is 15.9 Å². The Hall–Kier alpha value is -1.42. The van der Waals surface area contributed by atoms with Gasteiger partial charge in [0.25, 0.3) is 0 Å². The molecular weight excluding hydrogens is 175 g/mol. The van der Waals surface area contributed by atoms with Gasteiger partial charge in [-0.15, -0.1) is 0 Å². The highest BCUT2D eigenvalue weighted by molar-refractivity contribution is 5.87. The molecule has 0 radical (unpaired) electrons. The lowest BCUT2D eigenvalue weighted by molar-refractivity contribution is 0.0696. The summed E-state index contributed by atoms with van der Waals surface area (Å²) < 4.78 is 17.7. The van der Waals surface area contributed by atoms with Crippen molar-refractivity contribution < 1.29 is 19.0 Å². The summed E-state index contributed by atoms with van der Waals surface area (Å²) in [5.74, 6) is -1.52. The third-order valence-electron chi connectivity index (χ3n) is 1.59. The van der Waals surface area contributed by atoms with Crippen molar-refractivity contribution in [1.29, 1.82) is 0 Å². The number of ether oxygens (including phenoxy) is 1. The molecule has 0 saturated carbocycles. The van der Waals surface area contributed by atoms with E-state index in [4.69, 9.17) is 9.84 Å². The number of methoxy groups -OCH3 is 1. The maximum Gasteiger partial charge on any atom is 0.335 e. The van der Waals surface area contributed by atoms with E-state index in [1.54, 1.807) is 0 Å². The standard InChI is InChI=1S/C9H9FO3/c1-13-5-7-4-6(9(11)12)2-3-8(7)10/h2-4H,5H2,1H3,(H,11,12). The first-order valence-electron chi connectivity index (χ1n) is 3.66. The van der Waals surface area contributed by atoms with E-state index in [1.165, 1.54) is 19.2 Å². The highest BCUT2D eigenvalue weighted by Gasteiger charge is 2.07. The van der Waals surface area contributed by atoms with Gasteiger partial charge in [0.15, 0.2) is 0 Å². The van der Waals surface area contributed by atoms with Crippen LogP contribution in [0, 0.1) is 5.82 Å². The molecule has 0 atom stereocenters. The lowest BCUT2D eigenvalue weighted by Gasteiger charge is -2.02. The molecule has 1 N–H and O–H groups in total. The van der Waals surface area contributed by atoms with Crippen LogP contribution in [0.25, 0.3) is 0 Å². The fourth-order valence-electron chi connectivity index (χ4n) is 0.974. The zero-order valence-corrected chi connectivity index (χ0v) is 7.08. The second-order valence-corrected chi connectivity index (χ2v) is 2.54. The van der Waals surface area contributed by atoms with Crippen LogP contribution in [0.4, 0.5) is 4.39 Å². The molecule has 0 heterocycles. The zero-order chi connectivity index (χ0) is 9.84. The van der Waals surface area contributed by atoms with Crippen LogP contribution in [0.2, 0.25) is 0 Å². The van der Waals surface area contributed by atoms with Crippen molar-refractivity contribution in [3.8, 4) is 0 Å². The molecule has 0 amide bonds. The van der Waals surface area contributed by atoms with Crippen molar-refractivity contribution in [2.75, 3.05) is 7.11 Å². The van der Waals surface area contributed by atoms with Crippen molar-refractivity contribution in [1.82, 2.24) is 0 Å². The number of carboxylic acid groups (broad SMARTS) is 1. The first-order chi connectivity index (χ1) is 6.15. The molecule has 0 saturated heterocycles. The van der Waals surface area contributed by atoms with Gasteiger partial charge in [0.05, 0.1) is 12.2 Å². The number of halogens is 1. The third-order valence-corrected chi connectivity index (χ3v) is 1.59. The monoisotopic (exact) mass is 184 g/mol. The molecule has 0 aliphatic rings. The normalized spacial score (nSPS) is 10.0. The summed E-state index contributed by atoms with van der Waals surface area (Å²) in [6, 6.07) is 3.61. The predicted molar refractivity (Wildman–Crippen MR) is 44.1 cm³/mol. The Labute approximate surface area is 74.8 Å². The minimum Gasteiger partial charge on any atom is -0.478 e. The molecule has 13 heavy (non-hydrogen) atoms. The van der Waals surface area contributed by atoms with E-state index in [0.29, 0.717) is 0 Å². The number of hydrogen-bond acceptors (Lipinski definition) is 2. The molecule has 1 aromatic carbocycles. The highest BCUT2D eigenvalue weighted by Crippen LogP contribution is 2.11. The predicted octanol–water partition coefficient (Wildman–Crippen LogP) is 1.67. The van der Waals surface area contributed by atoms with Crippen LogP contribution in [0.3, 0.4) is 0 Å². The number of carbonyl (C=O) groups is 1. The summed E-state index contributed by atoms with van der Waals surface area (Å²) >= 11 is 0. The first-order valence-corrected chi connectivity index (χ1v) is 3.66. The molecule has 1 rings (SSSR count). The Kier molecular flexibility index (Phi) is 2.97. The molecule has 0 aliphatic heterocycles. The molecule has 0 bridgehead atoms. The third kappa shape index (κ3) is 2.26. The maximum atomic E-state index is 12.9. The fourth-order valence-corrected chi connectivity index (χ4v) is 0.974. The summed E-state index contributed by atoms with van der Waals surface area (Å²) in [6.07, 6.45) is 0. The van der Waals surface area contributed by atoms with E-state index >= 15 is 0 Å². The van der Waals surface area contributed by atoms with Crippen molar-refractivity contribution >= 4 is 5.97 Å². The summed E-state index contributed by atoms with van der Waals surface area (Å²) in [4.78, 5) is 10.5. The quantitative estimate of drug-likeness (QED) is 0.777. The minimum absolute atomic E-state index is 0.0634. The molecule has 0 aliphatic carbocycles. The minimum atomic E-state index is -1.07. The summed E-state index contributed by atoms with van der Waals surface area (Å²) in [7, 11) is 1.42. The van der Waals surface area contributed by atoms with Crippen LogP contribution in [0.5, 0.6) is 0 Å². The molecule has 0 unspecified atom stereocenters. The number of rotatable bonds is 3. The molecule has 0 spiro atoms. The number of hydrogen-bond donors (Lipinski definition) is 1. The number of aromatic carboxylic acids is 1. The lowest BCUT2D eigenvalue weighted by Crippen LogP contribution is -2.00. The average Bonchev–Trinajstić information content (AvgIpc) is 2.08. The average molecular weight is 184 g/mol. The van der Waals surface area contributed by atoms with Gasteiger partial charge in [-0.3, -0.25) is 0 Å². The van der Waals surface area contributed by atoms with Crippen LogP contribution < -0.4 is 0 Å². The van der Waals surface area contributed by atoms with E-state index < -0.39 is 11.8 Å². The summed E-state index contributed by atoms with van der Waals surface area (Å²) in [6.45, 7) is 0.0763. The number of carboxylic acids is 1. The van der Waals surface area contributed by atoms with Gasteiger partial charge in [-0.05, 0) is 18.2 Å². The Morgan fingerprint density at radius 1 is 1.62 bits per heavy atom. The SMILES string of the molecule is COCc1cc(C(=O)O)ccc1F. The van der Waals surface area contributed by atoms with Gasteiger partial charge < -0.3 is 9.84 Å². The van der Waals surface area contributed by atoms with Crippen molar-refractivity contribution in [3.63, 3.8) is 0 Å². The molecule has 1 aromatic rings. The molecule has 70 valence electrons. The lowest BCUT2D eigenvalue weighted by atomic mass is 10.1. The topological polar surface area (TPSA) is 46.5 Å². The molecule has 3 nitrogen and oxygen atoms in total. The number of benzene rings is 1. The summed E-state index contributed by atoms with van der Waals surface area (Å²) in [5, 5.41) is 8.61. The molecule has 0 aromatic heterocycles. The van der Waals surface area contributed by atoms with E-state index in [9.17, 15) is 9.18 Å². The smallest absolute Gasteiger partial charge is 0.335 e. The molecule has 0 fully saturated rings. The van der Waals surface area contributed by atoms with Gasteiger partial charge in [0.1, 0.15) is 5.82 Å². The Balaban J connectivity index is 3.03. The van der Waals surface area contributed by atoms with Crippen LogP contribution >= 0.6 is 0 Å². The Bertz CT molecular complexity index is 323. The van der Waals surface area contributed by atoms with Crippen LogP contribution in [0.15, 0.2) is 18.2 Å². The molecule has 4 heteroatoms. The largest absolute Gasteiger partial charge is 0.478 e. The van der Waals surface area contributed by atoms with Crippen molar-refractivity contribution in [3.05, 3.63) is 35.1 Å². The second kappa shape index (κ2) is 4.00. The van der Waals surface area contributed by atoms with E-state index in [-0.39, 0.29) is 17.7 Å². The van der Waals surface area contributed by atoms with E-state index in [0.717, 1.165) is 6.07 Å². The Morgan fingerprint density at radius 3 is 2.85 bits per heavy atom. The van der Waals surface area contributed by atoms with Crippen LogP contribution in [-0.4, -0.2) is 18.2 Å². The van der Waals surface area contributed by atoms with Crippen molar-refractivity contribution in [2.24, 2.45) is 0 Å². The van der Waals surface area contributed by atoms with Crippen LogP contribution in [-0.2, 0) is 11.3 Å². The maximum absolute atomic E-state index is 12.9.